The quantitative estimate of drug-likeness (QED) is 0.402. The minimum atomic E-state index is -4.71. The minimum Gasteiger partial charge on any atom is -0.298 e. The molecule has 0 amide bonds. The highest BCUT2D eigenvalue weighted by Crippen LogP contribution is 2.31. The number of benzene rings is 2. The number of hydrogen-bond acceptors (Lipinski definition) is 5. The van der Waals surface area contributed by atoms with E-state index in [1.54, 1.807) is 0 Å². The highest BCUT2D eigenvalue weighted by Gasteiger charge is 2.43. The van der Waals surface area contributed by atoms with Gasteiger partial charge in [0, 0.05) is 24.9 Å². The SMILES string of the molecule is O=C(CCc1ccc(F)c(-c2cnc(C(F)(F)F)cn2)c1)[C@@H]1C[C@@H](F)CN1S(=O)(=O)c1ccc(F)cc1. The van der Waals surface area contributed by atoms with Gasteiger partial charge in [-0.1, -0.05) is 6.07 Å². The maximum Gasteiger partial charge on any atom is 0.434 e. The fourth-order valence-electron chi connectivity index (χ4n) is 4.03. The smallest absolute Gasteiger partial charge is 0.298 e. The number of halogens is 6. The lowest BCUT2D eigenvalue weighted by Crippen LogP contribution is -2.40. The van der Waals surface area contributed by atoms with Gasteiger partial charge in [0.25, 0.3) is 0 Å². The molecule has 1 aromatic heterocycles. The summed E-state index contributed by atoms with van der Waals surface area (Å²) in [5.41, 5.74) is -1.09. The Bertz CT molecular complexity index is 1400. The first-order valence-corrected chi connectivity index (χ1v) is 12.4. The Hall–Kier alpha value is -3.32. The van der Waals surface area contributed by atoms with Crippen molar-refractivity contribution in [2.75, 3.05) is 6.54 Å². The summed E-state index contributed by atoms with van der Waals surface area (Å²) >= 11 is 0. The number of rotatable bonds is 7. The van der Waals surface area contributed by atoms with E-state index in [0.29, 0.717) is 11.8 Å². The molecule has 0 bridgehead atoms. The van der Waals surface area contributed by atoms with Crippen molar-refractivity contribution in [3.05, 3.63) is 77.8 Å². The van der Waals surface area contributed by atoms with Gasteiger partial charge in [-0.2, -0.15) is 17.5 Å². The van der Waals surface area contributed by atoms with Crippen LogP contribution in [0.25, 0.3) is 11.3 Å². The predicted octanol–water partition coefficient (Wildman–Crippen LogP) is 4.74. The number of aryl methyl sites for hydroxylation is 1. The summed E-state index contributed by atoms with van der Waals surface area (Å²) in [6, 6.07) is 6.41. The van der Waals surface area contributed by atoms with Crippen molar-refractivity contribution in [3.8, 4) is 11.3 Å². The van der Waals surface area contributed by atoms with E-state index in [1.165, 1.54) is 12.1 Å². The monoisotopic (exact) mass is 543 g/mol. The van der Waals surface area contributed by atoms with Crippen LogP contribution in [-0.2, 0) is 27.4 Å². The van der Waals surface area contributed by atoms with E-state index in [4.69, 9.17) is 0 Å². The van der Waals surface area contributed by atoms with Gasteiger partial charge in [-0.3, -0.25) is 9.78 Å². The Labute approximate surface area is 208 Å². The second kappa shape index (κ2) is 10.2. The maximum absolute atomic E-state index is 14.4. The van der Waals surface area contributed by atoms with Gasteiger partial charge in [0.05, 0.1) is 29.0 Å². The molecule has 1 saturated heterocycles. The Balaban J connectivity index is 1.50. The number of ketones is 1. The Morgan fingerprint density at radius 2 is 1.73 bits per heavy atom. The lowest BCUT2D eigenvalue weighted by molar-refractivity contribution is -0.141. The van der Waals surface area contributed by atoms with Crippen LogP contribution in [0.4, 0.5) is 26.3 Å². The van der Waals surface area contributed by atoms with Crippen LogP contribution in [0.3, 0.4) is 0 Å². The largest absolute Gasteiger partial charge is 0.434 e. The normalized spacial score (nSPS) is 18.8. The van der Waals surface area contributed by atoms with Crippen molar-refractivity contribution < 1.29 is 39.6 Å². The van der Waals surface area contributed by atoms with E-state index in [-0.39, 0.29) is 35.4 Å². The molecule has 13 heteroatoms. The van der Waals surface area contributed by atoms with Crippen molar-refractivity contribution in [3.63, 3.8) is 0 Å². The van der Waals surface area contributed by atoms with Gasteiger partial charge in [0.1, 0.15) is 17.8 Å². The number of Topliss-reactive ketones (excluding diaryl/α,β-unsaturated/α-hetero) is 1. The fraction of sp³-hybridized carbons (Fsp3) is 0.292. The molecule has 0 unspecified atom stereocenters. The van der Waals surface area contributed by atoms with E-state index in [0.717, 1.165) is 40.8 Å². The molecular weight excluding hydrogens is 524 g/mol. The van der Waals surface area contributed by atoms with Crippen LogP contribution in [0.1, 0.15) is 24.1 Å². The molecule has 196 valence electrons. The number of carbonyl (C=O) groups is 1. The van der Waals surface area contributed by atoms with Gasteiger partial charge in [-0.05, 0) is 48.4 Å². The van der Waals surface area contributed by atoms with Crippen molar-refractivity contribution in [2.24, 2.45) is 0 Å². The van der Waals surface area contributed by atoms with Gasteiger partial charge >= 0.3 is 6.18 Å². The number of alkyl halides is 4. The molecule has 3 aromatic rings. The van der Waals surface area contributed by atoms with Gasteiger partial charge in [0.15, 0.2) is 11.5 Å². The zero-order valence-corrected chi connectivity index (χ0v) is 19.7. The summed E-state index contributed by atoms with van der Waals surface area (Å²) in [6.45, 7) is -0.524. The van der Waals surface area contributed by atoms with Crippen LogP contribution in [0.15, 0.2) is 59.8 Å². The first kappa shape index (κ1) is 26.7. The zero-order valence-electron chi connectivity index (χ0n) is 18.9. The number of aromatic nitrogens is 2. The first-order valence-electron chi connectivity index (χ1n) is 11.0. The summed E-state index contributed by atoms with van der Waals surface area (Å²) in [6.07, 6.45) is -5.53. The molecule has 0 N–H and O–H groups in total. The molecule has 1 aliphatic heterocycles. The lowest BCUT2D eigenvalue weighted by atomic mass is 10.00. The lowest BCUT2D eigenvalue weighted by Gasteiger charge is -2.23. The van der Waals surface area contributed by atoms with E-state index >= 15 is 0 Å². The summed E-state index contributed by atoms with van der Waals surface area (Å²) in [7, 11) is -4.27. The van der Waals surface area contributed by atoms with Gasteiger partial charge < -0.3 is 0 Å². The second-order valence-electron chi connectivity index (χ2n) is 8.44. The highest BCUT2D eigenvalue weighted by atomic mass is 32.2. The standard InChI is InChI=1S/C24H19F6N3O3S/c25-15-3-5-17(6-4-15)37(35,36)33-13-16(26)10-21(33)22(34)8-2-14-1-7-19(27)18(9-14)20-11-32-23(12-31-20)24(28,29)30/h1,3-7,9,11-12,16,21H,2,8,10,13H2/t16-,21+/m1/s1. The first-order chi connectivity index (χ1) is 17.4. The zero-order chi connectivity index (χ0) is 27.0. The number of sulfonamides is 1. The molecule has 6 nitrogen and oxygen atoms in total. The van der Waals surface area contributed by atoms with Crippen molar-refractivity contribution in [1.29, 1.82) is 0 Å². The molecule has 37 heavy (non-hydrogen) atoms. The molecule has 0 spiro atoms. The van der Waals surface area contributed by atoms with Gasteiger partial charge in [-0.15, -0.1) is 0 Å². The van der Waals surface area contributed by atoms with E-state index in [1.807, 2.05) is 0 Å². The number of carbonyl (C=O) groups excluding carboxylic acids is 1. The Morgan fingerprint density at radius 3 is 2.35 bits per heavy atom. The van der Waals surface area contributed by atoms with Crippen molar-refractivity contribution >= 4 is 15.8 Å². The average molecular weight is 543 g/mol. The minimum absolute atomic E-state index is 0.0259. The fourth-order valence-corrected chi connectivity index (χ4v) is 5.68. The third-order valence-corrected chi connectivity index (χ3v) is 7.79. The predicted molar refractivity (Wildman–Crippen MR) is 119 cm³/mol. The Morgan fingerprint density at radius 1 is 1.03 bits per heavy atom. The number of hydrogen-bond donors (Lipinski definition) is 0. The molecule has 2 aromatic carbocycles. The van der Waals surface area contributed by atoms with Crippen LogP contribution < -0.4 is 0 Å². The summed E-state index contributed by atoms with van der Waals surface area (Å²) in [5.74, 6) is -1.99. The van der Waals surface area contributed by atoms with E-state index in [9.17, 15) is 39.6 Å². The van der Waals surface area contributed by atoms with E-state index in [2.05, 4.69) is 9.97 Å². The molecule has 1 aliphatic rings. The maximum atomic E-state index is 14.4. The topological polar surface area (TPSA) is 80.2 Å². The van der Waals surface area contributed by atoms with Crippen LogP contribution in [0.5, 0.6) is 0 Å². The molecule has 0 radical (unpaired) electrons. The summed E-state index contributed by atoms with van der Waals surface area (Å²) in [5, 5.41) is 0. The molecule has 2 atom stereocenters. The van der Waals surface area contributed by atoms with Crippen LogP contribution in [-0.4, -0.2) is 47.2 Å². The van der Waals surface area contributed by atoms with Gasteiger partial charge in [0.2, 0.25) is 10.0 Å². The van der Waals surface area contributed by atoms with Crippen LogP contribution in [0, 0.1) is 11.6 Å². The van der Waals surface area contributed by atoms with Crippen LogP contribution >= 0.6 is 0 Å². The van der Waals surface area contributed by atoms with E-state index < -0.39 is 58.1 Å². The van der Waals surface area contributed by atoms with Crippen LogP contribution in [0.2, 0.25) is 0 Å². The molecular formula is C24H19F6N3O3S. The molecule has 2 heterocycles. The molecule has 0 aliphatic carbocycles. The molecule has 1 fully saturated rings. The highest BCUT2D eigenvalue weighted by molar-refractivity contribution is 7.89. The van der Waals surface area contributed by atoms with Crippen molar-refractivity contribution in [2.45, 2.75) is 42.5 Å². The summed E-state index contributed by atoms with van der Waals surface area (Å²) < 4.78 is 107. The second-order valence-corrected chi connectivity index (χ2v) is 10.3. The average Bonchev–Trinajstić information content (AvgIpc) is 3.26. The molecule has 0 saturated carbocycles. The number of nitrogens with zero attached hydrogens (tertiary/aromatic N) is 3. The third kappa shape index (κ3) is 5.82. The molecule has 4 rings (SSSR count). The van der Waals surface area contributed by atoms with Gasteiger partial charge in [-0.25, -0.2) is 26.6 Å². The van der Waals surface area contributed by atoms with Crippen molar-refractivity contribution in [1.82, 2.24) is 14.3 Å². The summed E-state index contributed by atoms with van der Waals surface area (Å²) in [4.78, 5) is 19.5. The third-order valence-electron chi connectivity index (χ3n) is 5.91. The Kier molecular flexibility index (Phi) is 7.38.